The van der Waals surface area contributed by atoms with Gasteiger partial charge in [0.25, 0.3) is 11.7 Å². The van der Waals surface area contributed by atoms with E-state index >= 15 is 0 Å². The molecule has 123 heavy (non-hydrogen) atoms. The van der Waals surface area contributed by atoms with Crippen molar-refractivity contribution in [2.24, 2.45) is 29.4 Å². The number of aliphatic hydroxyl groups is 3. The lowest BCUT2D eigenvalue weighted by molar-refractivity contribution is -0.245. The Morgan fingerprint density at radius 1 is 0.699 bits per heavy atom. The molecule has 2 bridgehead atoms. The van der Waals surface area contributed by atoms with Gasteiger partial charge in [0.1, 0.15) is 59.7 Å². The number of nitrogens with one attached hydrogen (secondary N) is 4. The van der Waals surface area contributed by atoms with Crippen molar-refractivity contribution in [3.8, 4) is 11.3 Å². The van der Waals surface area contributed by atoms with Crippen LogP contribution in [0.1, 0.15) is 144 Å². The van der Waals surface area contributed by atoms with E-state index in [1.54, 1.807) is 27.2 Å². The number of Topliss-reactive ketones (excluding diaryl/α,β-unsaturated/α-hetero) is 3. The number of carbonyl (C=O) groups is 8. The number of esters is 1. The number of amides is 4. The van der Waals surface area contributed by atoms with E-state index in [-0.39, 0.29) is 114 Å². The molecule has 0 radical (unpaired) electrons. The summed E-state index contributed by atoms with van der Waals surface area (Å²) < 4.78 is 76.1. The highest BCUT2D eigenvalue weighted by molar-refractivity contribution is 6.39. The maximum Gasteiger partial charge on any atom is 0.407 e. The van der Waals surface area contributed by atoms with Crippen molar-refractivity contribution in [1.29, 1.82) is 0 Å². The molecule has 3 fully saturated rings. The van der Waals surface area contributed by atoms with Crippen LogP contribution in [0, 0.1) is 23.7 Å². The van der Waals surface area contributed by atoms with Crippen LogP contribution in [0.2, 0.25) is 0 Å². The number of rotatable bonds is 42. The second-order valence-corrected chi connectivity index (χ2v) is 31.8. The number of nitrogen functional groups attached to an aromatic ring is 1. The molecule has 684 valence electrons. The van der Waals surface area contributed by atoms with Gasteiger partial charge in [-0.05, 0) is 126 Å². The summed E-state index contributed by atoms with van der Waals surface area (Å²) in [5.41, 5.74) is 17.2. The number of pyridine rings is 1. The molecule has 2 saturated heterocycles. The second kappa shape index (κ2) is 53.8. The maximum atomic E-state index is 14.6. The zero-order valence-electron chi connectivity index (χ0n) is 72.5. The van der Waals surface area contributed by atoms with Gasteiger partial charge in [-0.15, -0.1) is 0 Å². The fourth-order valence-electron chi connectivity index (χ4n) is 15.4. The first kappa shape index (κ1) is 100.0. The largest absolute Gasteiger partial charge is 0.459 e. The van der Waals surface area contributed by atoms with Gasteiger partial charge in [-0.3, -0.25) is 28.8 Å². The van der Waals surface area contributed by atoms with E-state index in [4.69, 9.17) is 78.1 Å². The number of anilines is 1. The standard InChI is InChI=1S/C87H132N12O24/c1-57-16-9-8-10-17-58(2)70(111-6)53-65-18-15-25-87(110,123-65)80(106)84(107)98-30-13-11-19-67(98)85(108)121-71(54-68(100)59(3)49-61(5)78(104)79(105)77(103)60(4)48-57)66(88)50-62-20-21-69(72(51-62)112-7)122-86(109)93-29-35-116-39-43-120-47-45-118-41-37-114-33-24-74(102)91-28-34-115-38-42-119-46-44-117-40-36-113-32-23-73(101)90-26-12-14-31-99-83-75(81(89)95-56-96-83)76(97-99)64-52-63-22-27-92-82(63)94-55-64/h8-10,16-17,22,27,49,52,55-57,59-60,62,65-67,69-72,78-79,104-105,110H,11-15,18-21,23-26,28-48,50-51,53-54,88H2,1-7H3,(H,90,101)(H,91,102)(H,92,94)(H,93,109)(H2,89,95,96)/b10-8+,16-9+,58-17+,61-49+/t57-,59-,60-,62+,65+,66-,67+,69-,70+,71+,72-,78-,79+,87-/m1/s1. The highest BCUT2D eigenvalue weighted by Crippen LogP contribution is 2.37. The van der Waals surface area contributed by atoms with E-state index in [1.807, 2.05) is 67.2 Å². The highest BCUT2D eigenvalue weighted by atomic mass is 16.6. The number of aromatic amines is 1. The summed E-state index contributed by atoms with van der Waals surface area (Å²) in [6.07, 6.45) is 13.5. The average Bonchev–Trinajstić information content (AvgIpc) is 1.63. The molecule has 0 aromatic carbocycles. The summed E-state index contributed by atoms with van der Waals surface area (Å²) in [7, 11) is 3.05. The summed E-state index contributed by atoms with van der Waals surface area (Å²) in [5, 5.41) is 49.2. The van der Waals surface area contributed by atoms with Crippen LogP contribution in [-0.2, 0) is 102 Å². The number of aryl methyl sites for hydroxylation is 1. The van der Waals surface area contributed by atoms with E-state index in [0.717, 1.165) is 39.9 Å². The number of allylic oxidation sites excluding steroid dienone is 6. The third-order valence-corrected chi connectivity index (χ3v) is 22.3. The molecule has 4 amide bonds. The maximum absolute atomic E-state index is 14.6. The quantitative estimate of drug-likeness (QED) is 0.0113. The van der Waals surface area contributed by atoms with E-state index < -0.39 is 114 Å². The number of H-pyrrole nitrogens is 1. The van der Waals surface area contributed by atoms with Crippen molar-refractivity contribution in [2.45, 2.75) is 211 Å². The molecular formula is C87H132N12O24. The molecule has 1 aliphatic carbocycles. The number of ether oxygens (including phenoxy) is 13. The molecule has 4 aliphatic rings. The number of hydrogen-bond acceptors (Lipinski definition) is 30. The van der Waals surface area contributed by atoms with Gasteiger partial charge in [-0.1, -0.05) is 57.2 Å². The molecular weight excluding hydrogens is 1600 g/mol. The minimum Gasteiger partial charge on any atom is -0.459 e. The van der Waals surface area contributed by atoms with Gasteiger partial charge in [0.15, 0.2) is 11.4 Å². The second-order valence-electron chi connectivity index (χ2n) is 31.8. The van der Waals surface area contributed by atoms with Crippen molar-refractivity contribution in [1.82, 2.24) is 50.6 Å². The predicted molar refractivity (Wildman–Crippen MR) is 453 cm³/mol. The molecule has 0 spiro atoms. The first-order valence-electron chi connectivity index (χ1n) is 43.3. The van der Waals surface area contributed by atoms with Gasteiger partial charge in [0.05, 0.1) is 129 Å². The fraction of sp³-hybridized carbons (Fsp3) is 0.678. The smallest absolute Gasteiger partial charge is 0.407 e. The Bertz CT molecular complexity index is 4080. The summed E-state index contributed by atoms with van der Waals surface area (Å²) in [6.45, 7) is 15.2. The number of methoxy groups -OCH3 is 2. The number of aromatic nitrogens is 6. The topological polar surface area (TPSA) is 481 Å². The van der Waals surface area contributed by atoms with E-state index in [9.17, 15) is 53.7 Å². The Kier molecular flexibility index (Phi) is 43.7. The Balaban J connectivity index is 0.627. The number of nitrogens with two attached hydrogens (primary N) is 2. The Morgan fingerprint density at radius 3 is 2.00 bits per heavy atom. The summed E-state index contributed by atoms with van der Waals surface area (Å²) in [6, 6.07) is 1.70. The number of cyclic esters (lactones) is 1. The SMILES string of the molecule is CO[C@H]1C[C@@H]2CCC[C@@](O)(O2)C(=O)C(=O)N2CCCC[C@H]2C(=O)O[C@H]([C@H](N)C[C@@H]2CC[C@@H](OC(=O)NCCOCCOCCOCCOCCC(=O)NCCOCCOCCOCCOCCC(=O)NCCCCn3nc(-c4cnc5[nH]ccc5c4)c4c(N)ncnc43)[C@H](OC)C2)CC(=O)[C@H](C)/C=C(\C)[C@@H](O)[C@@H](O)C(=O)[C@H](C)C[C@H](C)/C=C/C=C/C=C/1C. The van der Waals surface area contributed by atoms with E-state index in [2.05, 4.69) is 35.9 Å². The van der Waals surface area contributed by atoms with Crippen LogP contribution >= 0.6 is 0 Å². The van der Waals surface area contributed by atoms with Crippen molar-refractivity contribution in [3.05, 3.63) is 78.5 Å². The summed E-state index contributed by atoms with van der Waals surface area (Å²) in [4.78, 5) is 126. The van der Waals surface area contributed by atoms with Crippen LogP contribution < -0.4 is 27.4 Å². The predicted octanol–water partition coefficient (Wildman–Crippen LogP) is 5.60. The fourth-order valence-corrected chi connectivity index (χ4v) is 15.4. The number of nitrogens with zero attached hydrogens (tertiary/aromatic N) is 6. The number of alkyl carbamates (subject to hydrolysis) is 1. The minimum absolute atomic E-state index is 0.0000306. The number of fused-ring (bicyclic) bond motifs is 5. The van der Waals surface area contributed by atoms with Crippen molar-refractivity contribution < 1.29 is 115 Å². The van der Waals surface area contributed by atoms with Gasteiger partial charge >= 0.3 is 12.1 Å². The highest BCUT2D eigenvalue weighted by Gasteiger charge is 2.50. The molecule has 1 saturated carbocycles. The van der Waals surface area contributed by atoms with Gasteiger partial charge in [-0.25, -0.2) is 29.2 Å². The molecule has 0 unspecified atom stereocenters. The van der Waals surface area contributed by atoms with Gasteiger partial charge in [0, 0.05) is 120 Å². The van der Waals surface area contributed by atoms with Crippen LogP contribution in [0.3, 0.4) is 0 Å². The summed E-state index contributed by atoms with van der Waals surface area (Å²) in [5.74, 6) is -8.41. The van der Waals surface area contributed by atoms with Crippen molar-refractivity contribution >= 4 is 75.0 Å². The molecule has 4 aromatic rings. The number of carbonyl (C=O) groups excluding carboxylic acids is 8. The number of ketones is 3. The molecule has 14 atom stereocenters. The van der Waals surface area contributed by atoms with Crippen LogP contribution in [0.25, 0.3) is 33.3 Å². The zero-order chi connectivity index (χ0) is 88.5. The van der Waals surface area contributed by atoms with E-state index in [0.29, 0.717) is 166 Å². The first-order chi connectivity index (χ1) is 59.4. The molecule has 36 nitrogen and oxygen atoms in total. The molecule has 4 aromatic heterocycles. The van der Waals surface area contributed by atoms with Gasteiger partial charge < -0.3 is 114 Å². The number of aliphatic hydroxyl groups excluding tert-OH is 2. The van der Waals surface area contributed by atoms with Crippen LogP contribution in [0.4, 0.5) is 10.6 Å². The summed E-state index contributed by atoms with van der Waals surface area (Å²) >= 11 is 0. The van der Waals surface area contributed by atoms with Gasteiger partial charge in [-0.2, -0.15) is 5.10 Å². The number of piperidine rings is 1. The monoisotopic (exact) mass is 1730 g/mol. The van der Waals surface area contributed by atoms with Crippen LogP contribution in [0.15, 0.2) is 78.5 Å². The molecule has 11 N–H and O–H groups in total. The van der Waals surface area contributed by atoms with Crippen molar-refractivity contribution in [3.63, 3.8) is 0 Å². The van der Waals surface area contributed by atoms with E-state index in [1.165, 1.54) is 26.4 Å². The molecule has 3 aliphatic heterocycles. The Labute approximate surface area is 719 Å². The first-order valence-corrected chi connectivity index (χ1v) is 43.3. The molecule has 7 heterocycles. The molecule has 8 rings (SSSR count). The van der Waals surface area contributed by atoms with Crippen LogP contribution in [-0.4, -0.2) is 304 Å². The lowest BCUT2D eigenvalue weighted by Crippen LogP contribution is -2.58. The lowest BCUT2D eigenvalue weighted by atomic mass is 9.80. The third kappa shape index (κ3) is 33.1. The van der Waals surface area contributed by atoms with Crippen LogP contribution in [0.5, 0.6) is 0 Å². The number of unbranched alkanes of at least 4 members (excludes halogenated alkanes) is 1. The minimum atomic E-state index is -2.47. The normalized spacial score (nSPS) is 26.2. The third-order valence-electron chi connectivity index (χ3n) is 22.3. The Morgan fingerprint density at radius 2 is 1.34 bits per heavy atom. The Hall–Kier alpha value is -8.44. The average molecular weight is 1730 g/mol. The number of hydrogen-bond donors (Lipinski definition) is 9. The zero-order valence-corrected chi connectivity index (χ0v) is 72.5. The lowest BCUT2D eigenvalue weighted by Gasteiger charge is -2.40. The van der Waals surface area contributed by atoms with Crippen molar-refractivity contribution in [2.75, 3.05) is 152 Å². The van der Waals surface area contributed by atoms with Gasteiger partial charge in [0.2, 0.25) is 17.6 Å². The molecule has 36 heteroatoms.